The van der Waals surface area contributed by atoms with E-state index in [1.165, 1.54) is 0 Å². The molecule has 0 aliphatic carbocycles. The lowest BCUT2D eigenvalue weighted by Gasteiger charge is -2.11. The Morgan fingerprint density at radius 2 is 1.88 bits per heavy atom. The first kappa shape index (κ1) is 25.8. The molecule has 0 aliphatic heterocycles. The van der Waals surface area contributed by atoms with Crippen molar-refractivity contribution in [1.82, 2.24) is 20.9 Å². The van der Waals surface area contributed by atoms with Crippen molar-refractivity contribution in [2.24, 2.45) is 4.99 Å². The van der Waals surface area contributed by atoms with Gasteiger partial charge in [-0.1, -0.05) is 42.5 Å². The summed E-state index contributed by atoms with van der Waals surface area (Å²) in [5, 5.41) is 10.4. The molecule has 1 heterocycles. The Hall–Kier alpha value is -2.46. The number of carbonyl (C=O) groups is 1. The van der Waals surface area contributed by atoms with Gasteiger partial charge >= 0.3 is 0 Å². The summed E-state index contributed by atoms with van der Waals surface area (Å²) in [4.78, 5) is 22.4. The Kier molecular flexibility index (Phi) is 10.6. The zero-order valence-corrected chi connectivity index (χ0v) is 21.8. The second-order valence-corrected chi connectivity index (χ2v) is 8.13. The quantitative estimate of drug-likeness (QED) is 0.216. The van der Waals surface area contributed by atoms with Gasteiger partial charge in [-0.3, -0.25) is 4.79 Å². The standard InChI is InChI=1S/C24H29N5OS.HI/c1-4-26-24(27-14-13-18-9-8-12-20(15-18)22(30)25-3)28-16-21-17(2)29-23(31-21)19-10-6-5-7-11-19;/h5-12,15H,4,13-14,16H2,1-3H3,(H,25,30)(H2,26,27,28);1H. The van der Waals surface area contributed by atoms with Gasteiger partial charge in [0.15, 0.2) is 5.96 Å². The molecule has 0 atom stereocenters. The zero-order chi connectivity index (χ0) is 22.1. The molecule has 3 aromatic rings. The first-order valence-electron chi connectivity index (χ1n) is 10.5. The number of aliphatic imine (C=N–C) groups is 1. The Labute approximate surface area is 211 Å². The molecule has 1 amide bonds. The number of nitrogens with one attached hydrogen (secondary N) is 3. The van der Waals surface area contributed by atoms with Crippen molar-refractivity contribution in [3.05, 3.63) is 76.3 Å². The number of aryl methyl sites for hydroxylation is 1. The smallest absolute Gasteiger partial charge is 0.251 e. The van der Waals surface area contributed by atoms with E-state index in [-0.39, 0.29) is 29.9 Å². The molecule has 0 spiro atoms. The second-order valence-electron chi connectivity index (χ2n) is 7.05. The fourth-order valence-electron chi connectivity index (χ4n) is 3.11. The maximum Gasteiger partial charge on any atom is 0.251 e. The minimum absolute atomic E-state index is 0. The largest absolute Gasteiger partial charge is 0.357 e. The van der Waals surface area contributed by atoms with Crippen molar-refractivity contribution in [2.45, 2.75) is 26.8 Å². The maximum absolute atomic E-state index is 11.8. The molecule has 8 heteroatoms. The third kappa shape index (κ3) is 7.30. The molecule has 0 aliphatic rings. The molecule has 2 aromatic carbocycles. The van der Waals surface area contributed by atoms with Crippen LogP contribution in [0.15, 0.2) is 59.6 Å². The van der Waals surface area contributed by atoms with Gasteiger partial charge in [-0.25, -0.2) is 9.98 Å². The van der Waals surface area contributed by atoms with Crippen LogP contribution in [0.4, 0.5) is 0 Å². The van der Waals surface area contributed by atoms with E-state index in [1.54, 1.807) is 18.4 Å². The molecular formula is C24H30IN5OS. The van der Waals surface area contributed by atoms with Crippen LogP contribution in [0.1, 0.15) is 33.4 Å². The van der Waals surface area contributed by atoms with Crippen LogP contribution in [-0.2, 0) is 13.0 Å². The summed E-state index contributed by atoms with van der Waals surface area (Å²) in [6, 6.07) is 17.9. The number of thiazole rings is 1. The highest BCUT2D eigenvalue weighted by atomic mass is 127. The van der Waals surface area contributed by atoms with Crippen LogP contribution in [0, 0.1) is 6.92 Å². The van der Waals surface area contributed by atoms with Gasteiger partial charge in [0.1, 0.15) is 5.01 Å². The maximum atomic E-state index is 11.8. The lowest BCUT2D eigenvalue weighted by Crippen LogP contribution is -2.38. The van der Waals surface area contributed by atoms with Crippen LogP contribution in [0.5, 0.6) is 0 Å². The van der Waals surface area contributed by atoms with Crippen LogP contribution >= 0.6 is 35.3 Å². The number of carbonyl (C=O) groups excluding carboxylic acids is 1. The van der Waals surface area contributed by atoms with Crippen molar-refractivity contribution in [3.8, 4) is 10.6 Å². The third-order valence-corrected chi connectivity index (χ3v) is 5.95. The number of amides is 1. The number of rotatable bonds is 8. The van der Waals surface area contributed by atoms with Crippen molar-refractivity contribution in [3.63, 3.8) is 0 Å². The molecule has 0 saturated carbocycles. The van der Waals surface area contributed by atoms with Crippen molar-refractivity contribution >= 4 is 47.2 Å². The van der Waals surface area contributed by atoms with Gasteiger partial charge < -0.3 is 16.0 Å². The second kappa shape index (κ2) is 13.2. The summed E-state index contributed by atoms with van der Waals surface area (Å²) < 4.78 is 0. The van der Waals surface area contributed by atoms with E-state index in [4.69, 9.17) is 9.98 Å². The summed E-state index contributed by atoms with van der Waals surface area (Å²) in [5.41, 5.74) is 3.94. The highest BCUT2D eigenvalue weighted by molar-refractivity contribution is 14.0. The Morgan fingerprint density at radius 3 is 2.59 bits per heavy atom. The predicted octanol–water partition coefficient (Wildman–Crippen LogP) is 4.39. The molecule has 32 heavy (non-hydrogen) atoms. The fourth-order valence-corrected chi connectivity index (χ4v) is 4.10. The minimum Gasteiger partial charge on any atom is -0.357 e. The molecule has 6 nitrogen and oxygen atoms in total. The van der Waals surface area contributed by atoms with E-state index < -0.39 is 0 Å². The highest BCUT2D eigenvalue weighted by Gasteiger charge is 2.09. The molecular weight excluding hydrogens is 533 g/mol. The third-order valence-electron chi connectivity index (χ3n) is 4.76. The summed E-state index contributed by atoms with van der Waals surface area (Å²) in [6.45, 7) is 6.18. The Balaban J connectivity index is 0.00000363. The lowest BCUT2D eigenvalue weighted by molar-refractivity contribution is 0.0963. The van der Waals surface area contributed by atoms with Crippen molar-refractivity contribution < 1.29 is 4.79 Å². The average molecular weight is 564 g/mol. The number of guanidine groups is 1. The highest BCUT2D eigenvalue weighted by Crippen LogP contribution is 2.28. The summed E-state index contributed by atoms with van der Waals surface area (Å²) >= 11 is 1.69. The number of hydrogen-bond acceptors (Lipinski definition) is 4. The summed E-state index contributed by atoms with van der Waals surface area (Å²) in [5.74, 6) is 0.707. The molecule has 170 valence electrons. The fraction of sp³-hybridized carbons (Fsp3) is 0.292. The lowest BCUT2D eigenvalue weighted by atomic mass is 10.1. The normalized spacial score (nSPS) is 10.9. The van der Waals surface area contributed by atoms with E-state index >= 15 is 0 Å². The monoisotopic (exact) mass is 563 g/mol. The first-order valence-corrected chi connectivity index (χ1v) is 11.3. The van der Waals surface area contributed by atoms with E-state index in [2.05, 4.69) is 35.0 Å². The Bertz CT molecular complexity index is 1040. The summed E-state index contributed by atoms with van der Waals surface area (Å²) in [6.07, 6.45) is 0.799. The van der Waals surface area contributed by atoms with Gasteiger partial charge in [0.2, 0.25) is 0 Å². The zero-order valence-electron chi connectivity index (χ0n) is 18.6. The molecule has 0 fully saturated rings. The van der Waals surface area contributed by atoms with Gasteiger partial charge in [0.25, 0.3) is 5.91 Å². The number of halogens is 1. The number of aromatic nitrogens is 1. The average Bonchev–Trinajstić information content (AvgIpc) is 3.18. The molecule has 0 saturated heterocycles. The Morgan fingerprint density at radius 1 is 1.09 bits per heavy atom. The molecule has 3 N–H and O–H groups in total. The molecule has 0 radical (unpaired) electrons. The van der Waals surface area contributed by atoms with Crippen molar-refractivity contribution in [2.75, 3.05) is 20.1 Å². The number of hydrogen-bond donors (Lipinski definition) is 3. The summed E-state index contributed by atoms with van der Waals surface area (Å²) in [7, 11) is 1.64. The first-order chi connectivity index (χ1) is 15.1. The molecule has 3 rings (SSSR count). The molecule has 1 aromatic heterocycles. The predicted molar refractivity (Wildman–Crippen MR) is 144 cm³/mol. The van der Waals surface area contributed by atoms with E-state index in [9.17, 15) is 4.79 Å². The van der Waals surface area contributed by atoms with Crippen molar-refractivity contribution in [1.29, 1.82) is 0 Å². The van der Waals surface area contributed by atoms with Crippen LogP contribution < -0.4 is 16.0 Å². The number of nitrogens with zero attached hydrogens (tertiary/aromatic N) is 2. The van der Waals surface area contributed by atoms with Gasteiger partial charge in [0.05, 0.1) is 12.2 Å². The van der Waals surface area contributed by atoms with Crippen LogP contribution in [0.25, 0.3) is 10.6 Å². The van der Waals surface area contributed by atoms with Crippen LogP contribution in [0.2, 0.25) is 0 Å². The van der Waals surface area contributed by atoms with Gasteiger partial charge in [0, 0.05) is 36.1 Å². The van der Waals surface area contributed by atoms with Crippen LogP contribution in [0.3, 0.4) is 0 Å². The van der Waals surface area contributed by atoms with Gasteiger partial charge in [-0.05, 0) is 38.0 Å². The van der Waals surface area contributed by atoms with E-state index in [0.29, 0.717) is 12.1 Å². The van der Waals surface area contributed by atoms with E-state index in [1.807, 2.05) is 49.4 Å². The molecule has 0 bridgehead atoms. The number of benzene rings is 2. The van der Waals surface area contributed by atoms with Gasteiger partial charge in [-0.2, -0.15) is 0 Å². The SMILES string of the molecule is CCNC(=NCc1sc(-c2ccccc2)nc1C)NCCc1cccc(C(=O)NC)c1.I. The molecule has 0 unspecified atom stereocenters. The minimum atomic E-state index is -0.0699. The van der Waals surface area contributed by atoms with Gasteiger partial charge in [-0.15, -0.1) is 35.3 Å². The van der Waals surface area contributed by atoms with E-state index in [0.717, 1.165) is 52.2 Å². The van der Waals surface area contributed by atoms with Crippen LogP contribution in [-0.4, -0.2) is 37.0 Å². The topological polar surface area (TPSA) is 78.4 Å².